The molecule has 1 atom stereocenters. The van der Waals surface area contributed by atoms with Crippen molar-refractivity contribution in [2.75, 3.05) is 0 Å². The van der Waals surface area contributed by atoms with Crippen LogP contribution in [0.4, 0.5) is 0 Å². The van der Waals surface area contributed by atoms with Gasteiger partial charge in [-0.15, -0.1) is 0 Å². The minimum Gasteiger partial charge on any atom is -0.346 e. The number of hydrogen-bond acceptors (Lipinski definition) is 2. The van der Waals surface area contributed by atoms with Gasteiger partial charge in [0.15, 0.2) is 0 Å². The van der Waals surface area contributed by atoms with Crippen LogP contribution in [0.15, 0.2) is 6.20 Å². The summed E-state index contributed by atoms with van der Waals surface area (Å²) in [5.41, 5.74) is 6.84. The van der Waals surface area contributed by atoms with Crippen LogP contribution in [-0.2, 0) is 12.8 Å². The molecule has 1 unspecified atom stereocenters. The maximum Gasteiger partial charge on any atom is 0.106 e. The first-order valence-corrected chi connectivity index (χ1v) is 5.00. The predicted molar refractivity (Wildman–Crippen MR) is 54.6 cm³/mol. The van der Waals surface area contributed by atoms with E-state index in [0.29, 0.717) is 0 Å². The van der Waals surface area contributed by atoms with Crippen molar-refractivity contribution < 1.29 is 0 Å². The Kier molecular flexibility index (Phi) is 3.96. The van der Waals surface area contributed by atoms with Gasteiger partial charge in [-0.1, -0.05) is 13.3 Å². The van der Waals surface area contributed by atoms with Gasteiger partial charge >= 0.3 is 0 Å². The molecule has 1 aromatic heterocycles. The van der Waals surface area contributed by atoms with Crippen molar-refractivity contribution in [3.8, 4) is 0 Å². The third-order valence-corrected chi connectivity index (χ3v) is 1.99. The van der Waals surface area contributed by atoms with Gasteiger partial charge in [-0.3, -0.25) is 0 Å². The van der Waals surface area contributed by atoms with Crippen LogP contribution < -0.4 is 5.73 Å². The Balaban J connectivity index is 2.44. The number of H-pyrrole nitrogens is 1. The van der Waals surface area contributed by atoms with Gasteiger partial charge in [0.25, 0.3) is 0 Å². The molecule has 0 saturated heterocycles. The summed E-state index contributed by atoms with van der Waals surface area (Å²) in [5.74, 6) is 1.09. The number of hydrogen-bond donors (Lipinski definition) is 2. The third-order valence-electron chi connectivity index (χ3n) is 1.99. The van der Waals surface area contributed by atoms with Crippen LogP contribution >= 0.6 is 0 Å². The summed E-state index contributed by atoms with van der Waals surface area (Å²) < 4.78 is 0. The fraction of sp³-hybridized carbons (Fsp3) is 0.700. The van der Waals surface area contributed by atoms with Gasteiger partial charge in [-0.05, 0) is 13.3 Å². The maximum absolute atomic E-state index is 5.69. The Morgan fingerprint density at radius 2 is 2.38 bits per heavy atom. The highest BCUT2D eigenvalue weighted by atomic mass is 14.9. The molecule has 1 heterocycles. The van der Waals surface area contributed by atoms with Crippen molar-refractivity contribution in [2.45, 2.75) is 45.6 Å². The minimum absolute atomic E-state index is 0.208. The summed E-state index contributed by atoms with van der Waals surface area (Å²) >= 11 is 0. The van der Waals surface area contributed by atoms with E-state index in [-0.39, 0.29) is 6.04 Å². The SMILES string of the molecule is CCCCc1ncc(CC(C)N)[nH]1. The Morgan fingerprint density at radius 1 is 1.62 bits per heavy atom. The summed E-state index contributed by atoms with van der Waals surface area (Å²) in [6.07, 6.45) is 6.25. The number of imidazole rings is 1. The molecule has 0 saturated carbocycles. The number of rotatable bonds is 5. The number of nitrogens with one attached hydrogen (secondary N) is 1. The molecule has 0 aromatic carbocycles. The van der Waals surface area contributed by atoms with Crippen molar-refractivity contribution in [3.63, 3.8) is 0 Å². The zero-order chi connectivity index (χ0) is 9.68. The quantitative estimate of drug-likeness (QED) is 0.725. The largest absolute Gasteiger partial charge is 0.346 e. The highest BCUT2D eigenvalue weighted by Crippen LogP contribution is 2.03. The predicted octanol–water partition coefficient (Wildman–Crippen LogP) is 1.64. The van der Waals surface area contributed by atoms with Crippen molar-refractivity contribution in [1.82, 2.24) is 9.97 Å². The van der Waals surface area contributed by atoms with E-state index in [1.165, 1.54) is 12.8 Å². The molecule has 0 aliphatic carbocycles. The van der Waals surface area contributed by atoms with Gasteiger partial charge in [0.05, 0.1) is 0 Å². The average Bonchev–Trinajstić information content (AvgIpc) is 2.48. The average molecular weight is 181 g/mol. The van der Waals surface area contributed by atoms with Crippen molar-refractivity contribution in [1.29, 1.82) is 0 Å². The highest BCUT2D eigenvalue weighted by Gasteiger charge is 2.02. The molecule has 0 aliphatic heterocycles. The molecule has 0 amide bonds. The molecule has 3 heteroatoms. The summed E-state index contributed by atoms with van der Waals surface area (Å²) in [5, 5.41) is 0. The van der Waals surface area contributed by atoms with Gasteiger partial charge in [-0.2, -0.15) is 0 Å². The van der Waals surface area contributed by atoms with E-state index in [4.69, 9.17) is 5.73 Å². The first kappa shape index (κ1) is 10.3. The number of nitrogens with zero attached hydrogens (tertiary/aromatic N) is 1. The zero-order valence-corrected chi connectivity index (χ0v) is 8.51. The summed E-state index contributed by atoms with van der Waals surface area (Å²) in [6.45, 7) is 4.19. The number of nitrogens with two attached hydrogens (primary N) is 1. The van der Waals surface area contributed by atoms with Gasteiger partial charge < -0.3 is 10.7 Å². The first-order chi connectivity index (χ1) is 6.22. The lowest BCUT2D eigenvalue weighted by Crippen LogP contribution is -2.17. The minimum atomic E-state index is 0.208. The molecule has 0 aliphatic rings. The summed E-state index contributed by atoms with van der Waals surface area (Å²) in [4.78, 5) is 7.58. The van der Waals surface area contributed by atoms with Crippen LogP contribution in [0.1, 0.15) is 38.2 Å². The molecule has 0 spiro atoms. The molecule has 0 bridgehead atoms. The second kappa shape index (κ2) is 5.02. The van der Waals surface area contributed by atoms with Gasteiger partial charge in [0, 0.05) is 30.8 Å². The Bertz CT molecular complexity index is 240. The smallest absolute Gasteiger partial charge is 0.106 e. The van der Waals surface area contributed by atoms with Crippen LogP contribution in [0, 0.1) is 0 Å². The van der Waals surface area contributed by atoms with E-state index in [2.05, 4.69) is 16.9 Å². The van der Waals surface area contributed by atoms with Gasteiger partial charge in [-0.25, -0.2) is 4.98 Å². The van der Waals surface area contributed by atoms with Gasteiger partial charge in [0.1, 0.15) is 5.82 Å². The Labute approximate surface area is 79.8 Å². The molecule has 13 heavy (non-hydrogen) atoms. The lowest BCUT2D eigenvalue weighted by Gasteiger charge is -2.00. The van der Waals surface area contributed by atoms with E-state index >= 15 is 0 Å². The second-order valence-electron chi connectivity index (χ2n) is 3.64. The topological polar surface area (TPSA) is 54.7 Å². The van der Waals surface area contributed by atoms with E-state index < -0.39 is 0 Å². The van der Waals surface area contributed by atoms with E-state index in [0.717, 1.165) is 24.4 Å². The van der Waals surface area contributed by atoms with Crippen molar-refractivity contribution >= 4 is 0 Å². The van der Waals surface area contributed by atoms with E-state index in [1.807, 2.05) is 13.1 Å². The molecular weight excluding hydrogens is 162 g/mol. The van der Waals surface area contributed by atoms with E-state index in [1.54, 1.807) is 0 Å². The van der Waals surface area contributed by atoms with Crippen LogP contribution in [0.2, 0.25) is 0 Å². The van der Waals surface area contributed by atoms with Crippen molar-refractivity contribution in [3.05, 3.63) is 17.7 Å². The normalized spacial score (nSPS) is 13.2. The number of aromatic nitrogens is 2. The van der Waals surface area contributed by atoms with Crippen LogP contribution in [0.25, 0.3) is 0 Å². The van der Waals surface area contributed by atoms with Crippen LogP contribution in [0.3, 0.4) is 0 Å². The molecule has 74 valence electrons. The Morgan fingerprint density at radius 3 is 3.00 bits per heavy atom. The highest BCUT2D eigenvalue weighted by molar-refractivity contribution is 5.02. The molecule has 3 nitrogen and oxygen atoms in total. The fourth-order valence-electron chi connectivity index (χ4n) is 1.33. The number of aromatic amines is 1. The summed E-state index contributed by atoms with van der Waals surface area (Å²) in [6, 6.07) is 0.208. The van der Waals surface area contributed by atoms with Gasteiger partial charge in [0.2, 0.25) is 0 Å². The standard InChI is InChI=1S/C10H19N3/c1-3-4-5-10-12-7-9(13-10)6-8(2)11/h7-8H,3-6,11H2,1-2H3,(H,12,13). The molecule has 0 radical (unpaired) electrons. The van der Waals surface area contributed by atoms with Crippen molar-refractivity contribution in [2.24, 2.45) is 5.73 Å². The second-order valence-corrected chi connectivity index (χ2v) is 3.64. The third kappa shape index (κ3) is 3.59. The lowest BCUT2D eigenvalue weighted by molar-refractivity contribution is 0.717. The fourth-order valence-corrected chi connectivity index (χ4v) is 1.33. The Hall–Kier alpha value is -0.830. The molecule has 1 aromatic rings. The van der Waals surface area contributed by atoms with Crippen LogP contribution in [0.5, 0.6) is 0 Å². The van der Waals surface area contributed by atoms with E-state index in [9.17, 15) is 0 Å². The molecule has 0 fully saturated rings. The molecular formula is C10H19N3. The maximum atomic E-state index is 5.69. The zero-order valence-electron chi connectivity index (χ0n) is 8.51. The number of aryl methyl sites for hydroxylation is 1. The lowest BCUT2D eigenvalue weighted by atomic mass is 10.2. The number of unbranched alkanes of at least 4 members (excludes halogenated alkanes) is 1. The van der Waals surface area contributed by atoms with Crippen LogP contribution in [-0.4, -0.2) is 16.0 Å². The molecule has 3 N–H and O–H groups in total. The summed E-state index contributed by atoms with van der Waals surface area (Å²) in [7, 11) is 0. The monoisotopic (exact) mass is 181 g/mol. The first-order valence-electron chi connectivity index (χ1n) is 5.00. The molecule has 1 rings (SSSR count).